The van der Waals surface area contributed by atoms with Gasteiger partial charge in [0.05, 0.1) is 6.04 Å². The van der Waals surface area contributed by atoms with Crippen LogP contribution in [0.15, 0.2) is 42.5 Å². The van der Waals surface area contributed by atoms with Crippen molar-refractivity contribution in [2.75, 3.05) is 0 Å². The first-order valence-corrected chi connectivity index (χ1v) is 6.29. The number of aryl methyl sites for hydroxylation is 2. The molecule has 0 aliphatic carbocycles. The van der Waals surface area contributed by atoms with Gasteiger partial charge < -0.3 is 0 Å². The lowest BCUT2D eigenvalue weighted by Crippen LogP contribution is -2.29. The van der Waals surface area contributed by atoms with Gasteiger partial charge in [0.1, 0.15) is 0 Å². The lowest BCUT2D eigenvalue weighted by molar-refractivity contribution is 0.634. The molecule has 0 aromatic heterocycles. The topological polar surface area (TPSA) is 38.0 Å². The molecule has 0 bridgehead atoms. The van der Waals surface area contributed by atoms with Crippen LogP contribution in [0.4, 0.5) is 0 Å². The van der Waals surface area contributed by atoms with Crippen molar-refractivity contribution in [2.24, 2.45) is 5.84 Å². The molecule has 0 aliphatic rings. The molecule has 18 heavy (non-hydrogen) atoms. The van der Waals surface area contributed by atoms with Crippen LogP contribution in [0.5, 0.6) is 0 Å². The van der Waals surface area contributed by atoms with Crippen LogP contribution in [-0.2, 0) is 0 Å². The van der Waals surface area contributed by atoms with Crippen molar-refractivity contribution < 1.29 is 0 Å². The second-order valence-corrected chi connectivity index (χ2v) is 4.89. The molecule has 0 heterocycles. The highest BCUT2D eigenvalue weighted by molar-refractivity contribution is 6.31. The molecule has 1 atom stereocenters. The van der Waals surface area contributed by atoms with Crippen molar-refractivity contribution in [2.45, 2.75) is 19.9 Å². The minimum Gasteiger partial charge on any atom is -0.271 e. The molecule has 94 valence electrons. The van der Waals surface area contributed by atoms with Crippen LogP contribution in [0.25, 0.3) is 0 Å². The van der Waals surface area contributed by atoms with Gasteiger partial charge in [0.25, 0.3) is 0 Å². The minimum atomic E-state index is -0.0840. The molecule has 2 aromatic carbocycles. The van der Waals surface area contributed by atoms with Crippen molar-refractivity contribution in [1.82, 2.24) is 5.43 Å². The molecule has 0 spiro atoms. The Balaban J connectivity index is 2.49. The third-order valence-electron chi connectivity index (χ3n) is 3.12. The zero-order valence-corrected chi connectivity index (χ0v) is 11.3. The van der Waals surface area contributed by atoms with E-state index in [0.717, 1.165) is 16.1 Å². The smallest absolute Gasteiger partial charge is 0.0727 e. The molecule has 1 unspecified atom stereocenters. The maximum absolute atomic E-state index is 6.24. The van der Waals surface area contributed by atoms with Gasteiger partial charge in [0.15, 0.2) is 0 Å². The monoisotopic (exact) mass is 260 g/mol. The minimum absolute atomic E-state index is 0.0840. The number of hydrazine groups is 1. The second-order valence-electron chi connectivity index (χ2n) is 4.48. The molecule has 0 saturated carbocycles. The van der Waals surface area contributed by atoms with Gasteiger partial charge in [0, 0.05) is 5.02 Å². The van der Waals surface area contributed by atoms with E-state index in [1.807, 2.05) is 24.3 Å². The van der Waals surface area contributed by atoms with Crippen LogP contribution in [0.3, 0.4) is 0 Å². The lowest BCUT2D eigenvalue weighted by atomic mass is 9.94. The van der Waals surface area contributed by atoms with Gasteiger partial charge in [-0.15, -0.1) is 0 Å². The van der Waals surface area contributed by atoms with E-state index >= 15 is 0 Å². The van der Waals surface area contributed by atoms with E-state index in [-0.39, 0.29) is 6.04 Å². The quantitative estimate of drug-likeness (QED) is 0.655. The molecule has 3 N–H and O–H groups in total. The van der Waals surface area contributed by atoms with E-state index < -0.39 is 0 Å². The Kier molecular flexibility index (Phi) is 4.02. The molecule has 0 radical (unpaired) electrons. The summed E-state index contributed by atoms with van der Waals surface area (Å²) in [4.78, 5) is 0. The van der Waals surface area contributed by atoms with Crippen molar-refractivity contribution in [3.05, 3.63) is 69.7 Å². The Hall–Kier alpha value is -1.35. The predicted molar refractivity (Wildman–Crippen MR) is 76.5 cm³/mol. The second kappa shape index (κ2) is 5.53. The average Bonchev–Trinajstić information content (AvgIpc) is 2.34. The maximum Gasteiger partial charge on any atom is 0.0727 e. The highest BCUT2D eigenvalue weighted by Crippen LogP contribution is 2.29. The van der Waals surface area contributed by atoms with Crippen LogP contribution in [0.2, 0.25) is 5.02 Å². The summed E-state index contributed by atoms with van der Waals surface area (Å²) >= 11 is 6.24. The summed E-state index contributed by atoms with van der Waals surface area (Å²) in [5, 5.41) is 0.723. The highest BCUT2D eigenvalue weighted by atomic mass is 35.5. The number of halogens is 1. The standard InChI is InChI=1S/C15H17ClN2/c1-10-7-8-12(11(2)9-10)15(18-17)13-5-3-4-6-14(13)16/h3-9,15,18H,17H2,1-2H3. The van der Waals surface area contributed by atoms with E-state index in [2.05, 4.69) is 37.5 Å². The Bertz CT molecular complexity index is 552. The van der Waals surface area contributed by atoms with Gasteiger partial charge in [-0.1, -0.05) is 53.6 Å². The molecule has 0 saturated heterocycles. The van der Waals surface area contributed by atoms with Crippen molar-refractivity contribution in [1.29, 1.82) is 0 Å². The molecule has 0 amide bonds. The number of benzene rings is 2. The summed E-state index contributed by atoms with van der Waals surface area (Å²) in [5.41, 5.74) is 7.44. The Morgan fingerprint density at radius 3 is 2.39 bits per heavy atom. The molecule has 2 rings (SSSR count). The maximum atomic E-state index is 6.24. The highest BCUT2D eigenvalue weighted by Gasteiger charge is 2.16. The van der Waals surface area contributed by atoms with Crippen LogP contribution in [0.1, 0.15) is 28.3 Å². The summed E-state index contributed by atoms with van der Waals surface area (Å²) in [6.07, 6.45) is 0. The van der Waals surface area contributed by atoms with Gasteiger partial charge in [0.2, 0.25) is 0 Å². The largest absolute Gasteiger partial charge is 0.271 e. The number of hydrogen-bond donors (Lipinski definition) is 2. The molecule has 2 nitrogen and oxygen atoms in total. The number of rotatable bonds is 3. The lowest BCUT2D eigenvalue weighted by Gasteiger charge is -2.20. The van der Waals surface area contributed by atoms with E-state index in [1.165, 1.54) is 11.1 Å². The summed E-state index contributed by atoms with van der Waals surface area (Å²) < 4.78 is 0. The first-order valence-electron chi connectivity index (χ1n) is 5.91. The third kappa shape index (κ3) is 2.56. The fourth-order valence-electron chi connectivity index (χ4n) is 2.21. The summed E-state index contributed by atoms with van der Waals surface area (Å²) in [5.74, 6) is 5.70. The Morgan fingerprint density at radius 2 is 1.78 bits per heavy atom. The van der Waals surface area contributed by atoms with Gasteiger partial charge in [-0.05, 0) is 36.6 Å². The SMILES string of the molecule is Cc1ccc(C(NN)c2ccccc2Cl)c(C)c1. The van der Waals surface area contributed by atoms with Crippen LogP contribution >= 0.6 is 11.6 Å². The number of nitrogens with two attached hydrogens (primary N) is 1. The summed E-state index contributed by atoms with van der Waals surface area (Å²) in [7, 11) is 0. The zero-order chi connectivity index (χ0) is 13.1. The van der Waals surface area contributed by atoms with Crippen LogP contribution < -0.4 is 11.3 Å². The fraction of sp³-hybridized carbons (Fsp3) is 0.200. The average molecular weight is 261 g/mol. The molecule has 0 fully saturated rings. The van der Waals surface area contributed by atoms with Crippen molar-refractivity contribution in [3.63, 3.8) is 0 Å². The van der Waals surface area contributed by atoms with Gasteiger partial charge >= 0.3 is 0 Å². The zero-order valence-electron chi connectivity index (χ0n) is 10.6. The first-order chi connectivity index (χ1) is 8.63. The molecular weight excluding hydrogens is 244 g/mol. The summed E-state index contributed by atoms with van der Waals surface area (Å²) in [6.45, 7) is 4.17. The molecular formula is C15H17ClN2. The van der Waals surface area contributed by atoms with E-state index in [9.17, 15) is 0 Å². The fourth-order valence-corrected chi connectivity index (χ4v) is 2.45. The molecule has 0 aliphatic heterocycles. The number of hydrogen-bond acceptors (Lipinski definition) is 2. The number of nitrogens with one attached hydrogen (secondary N) is 1. The van der Waals surface area contributed by atoms with Crippen molar-refractivity contribution in [3.8, 4) is 0 Å². The normalized spacial score (nSPS) is 12.4. The Morgan fingerprint density at radius 1 is 1.06 bits per heavy atom. The van der Waals surface area contributed by atoms with Gasteiger partial charge in [-0.2, -0.15) is 0 Å². The molecule has 3 heteroatoms. The van der Waals surface area contributed by atoms with Crippen LogP contribution in [0, 0.1) is 13.8 Å². The van der Waals surface area contributed by atoms with Gasteiger partial charge in [-0.25, -0.2) is 5.43 Å². The van der Waals surface area contributed by atoms with E-state index in [0.29, 0.717) is 0 Å². The first kappa shape index (κ1) is 13.1. The summed E-state index contributed by atoms with van der Waals surface area (Å²) in [6, 6.07) is 14.0. The Labute approximate surface area is 113 Å². The van der Waals surface area contributed by atoms with Gasteiger partial charge in [-0.3, -0.25) is 5.84 Å². The molecule has 2 aromatic rings. The predicted octanol–water partition coefficient (Wildman–Crippen LogP) is 3.51. The van der Waals surface area contributed by atoms with E-state index in [4.69, 9.17) is 17.4 Å². The third-order valence-corrected chi connectivity index (χ3v) is 3.46. The van der Waals surface area contributed by atoms with Crippen molar-refractivity contribution >= 4 is 11.6 Å². The van der Waals surface area contributed by atoms with Crippen LogP contribution in [-0.4, -0.2) is 0 Å². The van der Waals surface area contributed by atoms with E-state index in [1.54, 1.807) is 0 Å².